The zero-order chi connectivity index (χ0) is 12.3. The zero-order valence-electron chi connectivity index (χ0n) is 10.2. The maximum Gasteiger partial charge on any atom is 0.305 e. The fourth-order valence-electron chi connectivity index (χ4n) is 3.26. The Bertz CT molecular complexity index is 273. The molecule has 0 aromatic rings. The van der Waals surface area contributed by atoms with Crippen molar-refractivity contribution < 1.29 is 15.0 Å². The van der Waals surface area contributed by atoms with Gasteiger partial charge in [-0.1, -0.05) is 12.8 Å². The van der Waals surface area contributed by atoms with Crippen molar-refractivity contribution in [2.24, 2.45) is 0 Å². The van der Waals surface area contributed by atoms with Crippen LogP contribution in [-0.2, 0) is 4.79 Å². The number of carboxylic acids is 1. The Kier molecular flexibility index (Phi) is 4.01. The Morgan fingerprint density at radius 3 is 2.41 bits per heavy atom. The van der Waals surface area contributed by atoms with Gasteiger partial charge in [-0.2, -0.15) is 0 Å². The van der Waals surface area contributed by atoms with Gasteiger partial charge in [-0.05, 0) is 12.8 Å². The normalized spacial score (nSPS) is 23.9. The number of hydrogen-bond acceptors (Lipinski definition) is 4. The topological polar surface area (TPSA) is 72.8 Å². The Balaban J connectivity index is 2.08. The monoisotopic (exact) mass is 242 g/mol. The molecule has 0 spiro atoms. The molecule has 0 bridgehead atoms. The first-order chi connectivity index (χ1) is 8.18. The van der Waals surface area contributed by atoms with E-state index in [1.54, 1.807) is 0 Å². The number of carboxylic acid groups (broad SMARTS) is 1. The van der Waals surface area contributed by atoms with E-state index < -0.39 is 5.97 Å². The molecular formula is C12H22N2O3. The SMILES string of the molecule is O=C(O)CC1(N(CCO)C2CCCC2)CNC1. The third-order valence-electron chi connectivity index (χ3n) is 4.10. The van der Waals surface area contributed by atoms with E-state index in [4.69, 9.17) is 5.11 Å². The molecule has 0 radical (unpaired) electrons. The van der Waals surface area contributed by atoms with Gasteiger partial charge in [0.2, 0.25) is 0 Å². The minimum absolute atomic E-state index is 0.109. The summed E-state index contributed by atoms with van der Waals surface area (Å²) in [7, 11) is 0. The first-order valence-electron chi connectivity index (χ1n) is 6.48. The van der Waals surface area contributed by atoms with Crippen LogP contribution in [0.5, 0.6) is 0 Å². The van der Waals surface area contributed by atoms with E-state index in [2.05, 4.69) is 10.2 Å². The van der Waals surface area contributed by atoms with Crippen LogP contribution in [0.3, 0.4) is 0 Å². The van der Waals surface area contributed by atoms with Crippen LogP contribution in [0, 0.1) is 0 Å². The van der Waals surface area contributed by atoms with Crippen LogP contribution in [0.15, 0.2) is 0 Å². The number of carbonyl (C=O) groups is 1. The molecule has 2 aliphatic rings. The number of nitrogens with one attached hydrogen (secondary N) is 1. The molecule has 0 amide bonds. The predicted molar refractivity (Wildman–Crippen MR) is 63.9 cm³/mol. The maximum atomic E-state index is 11.0. The number of aliphatic carboxylic acids is 1. The lowest BCUT2D eigenvalue weighted by Gasteiger charge is -2.52. The molecule has 1 heterocycles. The highest BCUT2D eigenvalue weighted by atomic mass is 16.4. The quantitative estimate of drug-likeness (QED) is 0.613. The molecule has 17 heavy (non-hydrogen) atoms. The molecule has 3 N–H and O–H groups in total. The number of hydrogen-bond donors (Lipinski definition) is 3. The van der Waals surface area contributed by atoms with Crippen molar-refractivity contribution in [2.75, 3.05) is 26.2 Å². The fraction of sp³-hybridized carbons (Fsp3) is 0.917. The number of rotatable bonds is 6. The molecule has 5 nitrogen and oxygen atoms in total. The van der Waals surface area contributed by atoms with Gasteiger partial charge in [0.05, 0.1) is 18.6 Å². The largest absolute Gasteiger partial charge is 0.481 e. The van der Waals surface area contributed by atoms with Gasteiger partial charge in [0, 0.05) is 25.7 Å². The van der Waals surface area contributed by atoms with E-state index in [1.807, 2.05) is 0 Å². The molecule has 2 fully saturated rings. The molecule has 1 aliphatic heterocycles. The van der Waals surface area contributed by atoms with Crippen molar-refractivity contribution in [3.63, 3.8) is 0 Å². The second-order valence-corrected chi connectivity index (χ2v) is 5.25. The van der Waals surface area contributed by atoms with E-state index in [1.165, 1.54) is 12.8 Å². The van der Waals surface area contributed by atoms with Gasteiger partial charge in [-0.15, -0.1) is 0 Å². The van der Waals surface area contributed by atoms with E-state index in [9.17, 15) is 9.90 Å². The molecule has 1 saturated heterocycles. The fourth-order valence-corrected chi connectivity index (χ4v) is 3.26. The highest BCUT2D eigenvalue weighted by Crippen LogP contribution is 2.33. The average Bonchev–Trinajstić information content (AvgIpc) is 2.73. The maximum absolute atomic E-state index is 11.0. The Morgan fingerprint density at radius 1 is 1.35 bits per heavy atom. The summed E-state index contributed by atoms with van der Waals surface area (Å²) in [5.41, 5.74) is -0.260. The van der Waals surface area contributed by atoms with Gasteiger partial charge in [-0.3, -0.25) is 9.69 Å². The molecular weight excluding hydrogens is 220 g/mol. The second-order valence-electron chi connectivity index (χ2n) is 5.25. The Hall–Kier alpha value is -0.650. The number of aliphatic hydroxyl groups excluding tert-OH is 1. The van der Waals surface area contributed by atoms with E-state index >= 15 is 0 Å². The van der Waals surface area contributed by atoms with E-state index in [-0.39, 0.29) is 18.6 Å². The van der Waals surface area contributed by atoms with Crippen LogP contribution in [0.2, 0.25) is 0 Å². The van der Waals surface area contributed by atoms with Crippen molar-refractivity contribution in [1.29, 1.82) is 0 Å². The highest BCUT2D eigenvalue weighted by molar-refractivity contribution is 5.69. The van der Waals surface area contributed by atoms with Crippen LogP contribution >= 0.6 is 0 Å². The van der Waals surface area contributed by atoms with Gasteiger partial charge in [0.25, 0.3) is 0 Å². The van der Waals surface area contributed by atoms with Crippen molar-refractivity contribution in [3.8, 4) is 0 Å². The van der Waals surface area contributed by atoms with Crippen molar-refractivity contribution in [2.45, 2.75) is 43.7 Å². The summed E-state index contributed by atoms with van der Waals surface area (Å²) < 4.78 is 0. The summed E-state index contributed by atoms with van der Waals surface area (Å²) in [4.78, 5) is 13.3. The standard InChI is InChI=1S/C12H22N2O3/c15-6-5-14(10-3-1-2-4-10)12(7-11(16)17)8-13-9-12/h10,13,15H,1-9H2,(H,16,17). The molecule has 0 aromatic carbocycles. The van der Waals surface area contributed by atoms with Crippen LogP contribution in [0.1, 0.15) is 32.1 Å². The third-order valence-corrected chi connectivity index (χ3v) is 4.10. The lowest BCUT2D eigenvalue weighted by Crippen LogP contribution is -2.71. The first kappa shape index (κ1) is 12.8. The summed E-state index contributed by atoms with van der Waals surface area (Å²) in [6, 6.07) is 0.462. The summed E-state index contributed by atoms with van der Waals surface area (Å²) in [6.07, 6.45) is 4.91. The lowest BCUT2D eigenvalue weighted by molar-refractivity contribution is -0.143. The molecule has 1 aliphatic carbocycles. The van der Waals surface area contributed by atoms with Gasteiger partial charge < -0.3 is 15.5 Å². The minimum Gasteiger partial charge on any atom is -0.481 e. The van der Waals surface area contributed by atoms with E-state index in [0.29, 0.717) is 12.6 Å². The van der Waals surface area contributed by atoms with Gasteiger partial charge in [-0.25, -0.2) is 0 Å². The van der Waals surface area contributed by atoms with Gasteiger partial charge in [0.15, 0.2) is 0 Å². The van der Waals surface area contributed by atoms with Gasteiger partial charge in [0.1, 0.15) is 0 Å². The van der Waals surface area contributed by atoms with Crippen LogP contribution in [0.25, 0.3) is 0 Å². The highest BCUT2D eigenvalue weighted by Gasteiger charge is 2.46. The molecule has 0 unspecified atom stereocenters. The number of nitrogens with zero attached hydrogens (tertiary/aromatic N) is 1. The summed E-state index contributed by atoms with van der Waals surface area (Å²) >= 11 is 0. The van der Waals surface area contributed by atoms with Crippen LogP contribution in [0.4, 0.5) is 0 Å². The molecule has 2 rings (SSSR count). The molecule has 1 saturated carbocycles. The third kappa shape index (κ3) is 2.61. The van der Waals surface area contributed by atoms with Crippen molar-refractivity contribution >= 4 is 5.97 Å². The summed E-state index contributed by atoms with van der Waals surface area (Å²) in [5.74, 6) is -0.743. The molecule has 0 aromatic heterocycles. The minimum atomic E-state index is -0.743. The Morgan fingerprint density at radius 2 is 2.00 bits per heavy atom. The van der Waals surface area contributed by atoms with Crippen molar-refractivity contribution in [1.82, 2.24) is 10.2 Å². The van der Waals surface area contributed by atoms with Crippen LogP contribution < -0.4 is 5.32 Å². The number of β-amino-alcohol motifs (C(OH)–C–C–N with tert-alkyl or cyclic N) is 1. The summed E-state index contributed by atoms with van der Waals surface area (Å²) in [5, 5.41) is 21.4. The summed E-state index contributed by atoms with van der Waals surface area (Å²) in [6.45, 7) is 2.17. The lowest BCUT2D eigenvalue weighted by atomic mass is 9.84. The van der Waals surface area contributed by atoms with Gasteiger partial charge >= 0.3 is 5.97 Å². The molecule has 5 heteroatoms. The Labute approximate surface area is 102 Å². The molecule has 98 valence electrons. The number of aliphatic hydroxyl groups is 1. The predicted octanol–water partition coefficient (Wildman–Crippen LogP) is 0.0400. The average molecular weight is 242 g/mol. The zero-order valence-corrected chi connectivity index (χ0v) is 10.2. The van der Waals surface area contributed by atoms with Crippen molar-refractivity contribution in [3.05, 3.63) is 0 Å². The first-order valence-corrected chi connectivity index (χ1v) is 6.48. The second kappa shape index (κ2) is 5.33. The molecule has 0 atom stereocenters. The smallest absolute Gasteiger partial charge is 0.305 e. The van der Waals surface area contributed by atoms with E-state index in [0.717, 1.165) is 25.9 Å². The van der Waals surface area contributed by atoms with Crippen LogP contribution in [-0.4, -0.2) is 58.9 Å².